The minimum atomic E-state index is -0.373. The largest absolute Gasteiger partial charge is 0.396 e. The van der Waals surface area contributed by atoms with Crippen molar-refractivity contribution in [3.8, 4) is 0 Å². The normalized spacial score (nSPS) is 29.4. The summed E-state index contributed by atoms with van der Waals surface area (Å²) in [5.74, 6) is -0.252. The molecular weight excluding hydrogens is 261 g/mol. The highest BCUT2D eigenvalue weighted by atomic mass is 19.1. The van der Waals surface area contributed by atoms with Crippen molar-refractivity contribution in [2.24, 2.45) is 5.41 Å². The van der Waals surface area contributed by atoms with Crippen molar-refractivity contribution in [2.75, 3.05) is 32.9 Å². The van der Waals surface area contributed by atoms with Gasteiger partial charge in [0, 0.05) is 19.1 Å². The summed E-state index contributed by atoms with van der Waals surface area (Å²) in [5, 5.41) is 19.5. The van der Waals surface area contributed by atoms with E-state index in [0.29, 0.717) is 32.7 Å². The average Bonchev–Trinajstić information content (AvgIpc) is 2.76. The Morgan fingerprint density at radius 2 is 2.00 bits per heavy atom. The quantitative estimate of drug-likeness (QED) is 0.862. The summed E-state index contributed by atoms with van der Waals surface area (Å²) in [6.45, 7) is 2.50. The molecule has 3 rings (SSSR count). The smallest absolute Gasteiger partial charge is 0.123 e. The zero-order valence-electron chi connectivity index (χ0n) is 11.3. The number of hydrogen-bond donors (Lipinski definition) is 2. The Labute approximate surface area is 117 Å². The molecule has 1 aromatic rings. The third-order valence-corrected chi connectivity index (χ3v) is 4.33. The highest BCUT2D eigenvalue weighted by Crippen LogP contribution is 2.37. The van der Waals surface area contributed by atoms with Crippen LogP contribution in [0.1, 0.15) is 18.0 Å². The van der Waals surface area contributed by atoms with Crippen molar-refractivity contribution in [3.63, 3.8) is 0 Å². The van der Waals surface area contributed by atoms with Crippen LogP contribution in [0.3, 0.4) is 0 Å². The fourth-order valence-corrected chi connectivity index (χ4v) is 3.14. The molecule has 2 unspecified atom stereocenters. The molecule has 4 nitrogen and oxygen atoms in total. The Hall–Kier alpha value is -1.01. The van der Waals surface area contributed by atoms with Crippen LogP contribution < -0.4 is 0 Å². The van der Waals surface area contributed by atoms with Gasteiger partial charge in [-0.25, -0.2) is 4.39 Å². The fourth-order valence-electron chi connectivity index (χ4n) is 3.14. The summed E-state index contributed by atoms with van der Waals surface area (Å²) in [5.41, 5.74) is 0.804. The van der Waals surface area contributed by atoms with Crippen LogP contribution in [0.15, 0.2) is 24.3 Å². The first kappa shape index (κ1) is 13.9. The lowest BCUT2D eigenvalue weighted by Gasteiger charge is -2.43. The standard InChI is InChI=1S/C15H20FNO3/c16-12-3-1-11(2-4-12)14-5-13(19)6-17(14)7-15(8-18)9-20-10-15/h1-4,13-14,18-19H,5-10H2. The van der Waals surface area contributed by atoms with Gasteiger partial charge in [-0.2, -0.15) is 0 Å². The van der Waals surface area contributed by atoms with E-state index >= 15 is 0 Å². The number of halogens is 1. The average molecular weight is 281 g/mol. The molecule has 5 heteroatoms. The predicted molar refractivity (Wildman–Crippen MR) is 71.7 cm³/mol. The van der Waals surface area contributed by atoms with Crippen LogP contribution in [0.2, 0.25) is 0 Å². The van der Waals surface area contributed by atoms with Crippen molar-refractivity contribution in [1.29, 1.82) is 0 Å². The second-order valence-corrected chi connectivity index (χ2v) is 6.04. The highest BCUT2D eigenvalue weighted by molar-refractivity contribution is 5.21. The lowest BCUT2D eigenvalue weighted by molar-refractivity contribution is -0.150. The zero-order valence-corrected chi connectivity index (χ0v) is 11.3. The monoisotopic (exact) mass is 281 g/mol. The molecule has 0 spiro atoms. The van der Waals surface area contributed by atoms with E-state index in [1.54, 1.807) is 12.1 Å². The van der Waals surface area contributed by atoms with Crippen molar-refractivity contribution in [1.82, 2.24) is 4.90 Å². The molecule has 1 aromatic carbocycles. The first-order valence-electron chi connectivity index (χ1n) is 6.98. The zero-order chi connectivity index (χ0) is 14.2. The molecule has 2 aliphatic rings. The van der Waals surface area contributed by atoms with Gasteiger partial charge in [0.25, 0.3) is 0 Å². The molecule has 110 valence electrons. The van der Waals surface area contributed by atoms with E-state index in [9.17, 15) is 14.6 Å². The number of aliphatic hydroxyl groups excluding tert-OH is 2. The number of hydrogen-bond acceptors (Lipinski definition) is 4. The maximum Gasteiger partial charge on any atom is 0.123 e. The first-order valence-corrected chi connectivity index (χ1v) is 6.98. The maximum absolute atomic E-state index is 13.0. The molecule has 0 saturated carbocycles. The number of rotatable bonds is 4. The van der Waals surface area contributed by atoms with Crippen LogP contribution >= 0.6 is 0 Å². The maximum atomic E-state index is 13.0. The van der Waals surface area contributed by atoms with Gasteiger partial charge in [-0.05, 0) is 24.1 Å². The highest BCUT2D eigenvalue weighted by Gasteiger charge is 2.43. The van der Waals surface area contributed by atoms with Crippen molar-refractivity contribution >= 4 is 0 Å². The van der Waals surface area contributed by atoms with Gasteiger partial charge in [0.05, 0.1) is 31.3 Å². The van der Waals surface area contributed by atoms with Crippen molar-refractivity contribution in [2.45, 2.75) is 18.6 Å². The number of likely N-dealkylation sites (tertiary alicyclic amines) is 1. The van der Waals surface area contributed by atoms with Gasteiger partial charge in [0.15, 0.2) is 0 Å². The molecule has 2 atom stereocenters. The van der Waals surface area contributed by atoms with E-state index in [1.807, 2.05) is 0 Å². The second kappa shape index (κ2) is 5.41. The van der Waals surface area contributed by atoms with Gasteiger partial charge in [0.2, 0.25) is 0 Å². The van der Waals surface area contributed by atoms with Crippen LogP contribution in [-0.4, -0.2) is 54.1 Å². The van der Waals surface area contributed by atoms with Gasteiger partial charge in [-0.15, -0.1) is 0 Å². The Balaban J connectivity index is 1.76. The van der Waals surface area contributed by atoms with Gasteiger partial charge in [0.1, 0.15) is 5.82 Å². The molecule has 2 N–H and O–H groups in total. The minimum absolute atomic E-state index is 0.0784. The number of nitrogens with zero attached hydrogens (tertiary/aromatic N) is 1. The summed E-state index contributed by atoms with van der Waals surface area (Å²) < 4.78 is 18.2. The van der Waals surface area contributed by atoms with E-state index in [1.165, 1.54) is 12.1 Å². The van der Waals surface area contributed by atoms with E-state index < -0.39 is 0 Å². The number of benzene rings is 1. The van der Waals surface area contributed by atoms with Crippen molar-refractivity contribution in [3.05, 3.63) is 35.6 Å². The Kier molecular flexibility index (Phi) is 3.77. The van der Waals surface area contributed by atoms with Crippen LogP contribution in [0.4, 0.5) is 4.39 Å². The molecule has 2 heterocycles. The molecular formula is C15H20FNO3. The lowest BCUT2D eigenvalue weighted by Crippen LogP contribution is -2.53. The van der Waals surface area contributed by atoms with Crippen LogP contribution in [0.25, 0.3) is 0 Å². The van der Waals surface area contributed by atoms with Gasteiger partial charge < -0.3 is 14.9 Å². The third kappa shape index (κ3) is 2.59. The molecule has 2 aliphatic heterocycles. The SMILES string of the molecule is OCC1(CN2CC(O)CC2c2ccc(F)cc2)COC1. The molecule has 0 amide bonds. The molecule has 20 heavy (non-hydrogen) atoms. The number of ether oxygens (including phenoxy) is 1. The summed E-state index contributed by atoms with van der Waals surface area (Å²) >= 11 is 0. The molecule has 0 aromatic heterocycles. The lowest BCUT2D eigenvalue weighted by atomic mass is 9.86. The van der Waals surface area contributed by atoms with Gasteiger partial charge in [-0.1, -0.05) is 12.1 Å². The Bertz CT molecular complexity index is 455. The summed E-state index contributed by atoms with van der Waals surface area (Å²) in [4.78, 5) is 2.18. The predicted octanol–water partition coefficient (Wildman–Crippen LogP) is 0.942. The Morgan fingerprint density at radius 1 is 1.30 bits per heavy atom. The minimum Gasteiger partial charge on any atom is -0.396 e. The second-order valence-electron chi connectivity index (χ2n) is 6.04. The van der Waals surface area contributed by atoms with Gasteiger partial charge in [-0.3, -0.25) is 4.90 Å². The summed E-state index contributed by atoms with van der Waals surface area (Å²) in [6.07, 6.45) is 0.273. The van der Waals surface area contributed by atoms with E-state index in [-0.39, 0.29) is 30.0 Å². The Morgan fingerprint density at radius 3 is 2.55 bits per heavy atom. The molecule has 2 saturated heterocycles. The van der Waals surface area contributed by atoms with E-state index in [0.717, 1.165) is 5.56 Å². The molecule has 2 fully saturated rings. The molecule has 0 radical (unpaired) electrons. The molecule has 0 bridgehead atoms. The summed E-state index contributed by atoms with van der Waals surface area (Å²) in [7, 11) is 0. The van der Waals surface area contributed by atoms with Crippen LogP contribution in [0, 0.1) is 11.2 Å². The van der Waals surface area contributed by atoms with Crippen molar-refractivity contribution < 1.29 is 19.3 Å². The number of aliphatic hydroxyl groups is 2. The van der Waals surface area contributed by atoms with E-state index in [4.69, 9.17) is 4.74 Å². The van der Waals surface area contributed by atoms with Gasteiger partial charge >= 0.3 is 0 Å². The first-order chi connectivity index (χ1) is 9.62. The van der Waals surface area contributed by atoms with E-state index in [2.05, 4.69) is 4.90 Å². The fraction of sp³-hybridized carbons (Fsp3) is 0.600. The van der Waals surface area contributed by atoms with Crippen LogP contribution in [-0.2, 0) is 4.74 Å². The molecule has 0 aliphatic carbocycles. The number of β-amino-alcohol motifs (C(OH)–C–C–N with tert-alkyl or cyclic N) is 1. The van der Waals surface area contributed by atoms with Crippen LogP contribution in [0.5, 0.6) is 0 Å². The summed E-state index contributed by atoms with van der Waals surface area (Å²) in [6, 6.07) is 6.52. The third-order valence-electron chi connectivity index (χ3n) is 4.33. The topological polar surface area (TPSA) is 52.9 Å².